The predicted octanol–water partition coefficient (Wildman–Crippen LogP) is 3.66. The van der Waals surface area contributed by atoms with Gasteiger partial charge in [0.2, 0.25) is 0 Å². The van der Waals surface area contributed by atoms with Gasteiger partial charge in [-0.05, 0) is 5.56 Å². The van der Waals surface area contributed by atoms with Crippen molar-refractivity contribution >= 4 is 6.08 Å². The molecule has 0 aromatic heterocycles. The zero-order valence-corrected chi connectivity index (χ0v) is 12.5. The van der Waals surface area contributed by atoms with E-state index in [1.807, 2.05) is 66.8 Å². The summed E-state index contributed by atoms with van der Waals surface area (Å²) in [4.78, 5) is 0. The number of benzene rings is 1. The van der Waals surface area contributed by atoms with Crippen LogP contribution in [0.15, 0.2) is 60.7 Å². The van der Waals surface area contributed by atoms with E-state index in [4.69, 9.17) is 11.5 Å². The number of hydrogen-bond acceptors (Lipinski definition) is 2. The van der Waals surface area contributed by atoms with Gasteiger partial charge in [-0.3, -0.25) is 0 Å². The minimum absolute atomic E-state index is 0.169. The Morgan fingerprint density at radius 2 is 1.75 bits per heavy atom. The Morgan fingerprint density at radius 1 is 1.10 bits per heavy atom. The Hall–Kier alpha value is -1.64. The maximum atomic E-state index is 6.20. The summed E-state index contributed by atoms with van der Waals surface area (Å²) in [5.74, 6) is 0. The van der Waals surface area contributed by atoms with Gasteiger partial charge in [0.1, 0.15) is 0 Å². The van der Waals surface area contributed by atoms with Gasteiger partial charge in [-0.2, -0.15) is 0 Å². The molecular weight excluding hydrogens is 244 g/mol. The maximum absolute atomic E-state index is 6.20. The van der Waals surface area contributed by atoms with Gasteiger partial charge >= 0.3 is 0 Å². The maximum Gasteiger partial charge on any atom is 0.0721 e. The molecular formula is C18H26N2. The molecule has 1 aliphatic rings. The van der Waals surface area contributed by atoms with Gasteiger partial charge in [0.05, 0.1) is 5.54 Å². The molecule has 4 N–H and O–H groups in total. The third kappa shape index (κ3) is 5.16. The number of nitrogens with two attached hydrogens (primary N) is 2. The first-order chi connectivity index (χ1) is 9.62. The highest BCUT2D eigenvalue weighted by molar-refractivity contribution is 5.53. The molecule has 0 fully saturated rings. The average molecular weight is 270 g/mol. The summed E-state index contributed by atoms with van der Waals surface area (Å²) in [6.45, 7) is 4.36. The molecule has 1 aliphatic carbocycles. The first-order valence-corrected chi connectivity index (χ1v) is 7.27. The molecule has 0 amide bonds. The third-order valence-electron chi connectivity index (χ3n) is 3.26. The normalized spacial score (nSPS) is 24.5. The summed E-state index contributed by atoms with van der Waals surface area (Å²) in [7, 11) is 0. The summed E-state index contributed by atoms with van der Waals surface area (Å²) in [5.41, 5.74) is 12.7. The molecule has 0 spiro atoms. The van der Waals surface area contributed by atoms with Crippen molar-refractivity contribution in [3.05, 3.63) is 66.3 Å². The number of rotatable bonds is 3. The van der Waals surface area contributed by atoms with E-state index in [2.05, 4.69) is 13.8 Å². The van der Waals surface area contributed by atoms with Crippen molar-refractivity contribution < 1.29 is 0 Å². The second kappa shape index (κ2) is 8.51. The smallest absolute Gasteiger partial charge is 0.0721 e. The second-order valence-electron chi connectivity index (χ2n) is 5.01. The molecule has 1 aromatic carbocycles. The molecule has 2 rings (SSSR count). The number of hydrogen-bond donors (Lipinski definition) is 2. The molecule has 2 heteroatoms. The van der Waals surface area contributed by atoms with Crippen molar-refractivity contribution in [3.8, 4) is 0 Å². The van der Waals surface area contributed by atoms with Crippen LogP contribution in [-0.4, -0.2) is 11.6 Å². The van der Waals surface area contributed by atoms with Gasteiger partial charge in [0.15, 0.2) is 0 Å². The SMILES string of the molecule is CCCC.NC1C=CC=CC1(N)C=Cc1ccccc1. The van der Waals surface area contributed by atoms with E-state index < -0.39 is 5.54 Å². The summed E-state index contributed by atoms with van der Waals surface area (Å²) >= 11 is 0. The topological polar surface area (TPSA) is 52.0 Å². The van der Waals surface area contributed by atoms with Gasteiger partial charge in [-0.15, -0.1) is 0 Å². The molecule has 2 atom stereocenters. The molecule has 2 nitrogen and oxygen atoms in total. The lowest BCUT2D eigenvalue weighted by Gasteiger charge is -2.29. The number of unbranched alkanes of at least 4 members (excludes halogenated alkanes) is 1. The van der Waals surface area contributed by atoms with Crippen LogP contribution >= 0.6 is 0 Å². The van der Waals surface area contributed by atoms with E-state index in [9.17, 15) is 0 Å². The zero-order chi connectivity index (χ0) is 14.8. The van der Waals surface area contributed by atoms with E-state index in [1.165, 1.54) is 12.8 Å². The minimum atomic E-state index is -0.579. The Kier molecular flexibility index (Phi) is 6.99. The largest absolute Gasteiger partial charge is 0.322 e. The molecule has 0 bridgehead atoms. The lowest BCUT2D eigenvalue weighted by atomic mass is 9.87. The fourth-order valence-electron chi connectivity index (χ4n) is 1.66. The molecule has 0 aliphatic heterocycles. The molecule has 0 radical (unpaired) electrons. The van der Waals surface area contributed by atoms with Crippen molar-refractivity contribution in [2.45, 2.75) is 38.3 Å². The zero-order valence-electron chi connectivity index (χ0n) is 12.5. The molecule has 0 heterocycles. The molecule has 20 heavy (non-hydrogen) atoms. The monoisotopic (exact) mass is 270 g/mol. The lowest BCUT2D eigenvalue weighted by Crippen LogP contribution is -2.52. The molecule has 108 valence electrons. The van der Waals surface area contributed by atoms with Gasteiger partial charge < -0.3 is 11.5 Å². The van der Waals surface area contributed by atoms with Crippen LogP contribution in [0.25, 0.3) is 6.08 Å². The highest BCUT2D eigenvalue weighted by Gasteiger charge is 2.25. The highest BCUT2D eigenvalue weighted by atomic mass is 14.8. The Bertz CT molecular complexity index is 458. The van der Waals surface area contributed by atoms with E-state index in [0.29, 0.717) is 0 Å². The van der Waals surface area contributed by atoms with Gasteiger partial charge in [-0.1, -0.05) is 93.5 Å². The average Bonchev–Trinajstić information content (AvgIpc) is 2.50. The van der Waals surface area contributed by atoms with Crippen molar-refractivity contribution in [2.75, 3.05) is 0 Å². The highest BCUT2D eigenvalue weighted by Crippen LogP contribution is 2.17. The van der Waals surface area contributed by atoms with Crippen LogP contribution in [0.2, 0.25) is 0 Å². The van der Waals surface area contributed by atoms with Crippen LogP contribution < -0.4 is 11.5 Å². The minimum Gasteiger partial charge on any atom is -0.322 e. The summed E-state index contributed by atoms with van der Waals surface area (Å²) in [6.07, 6.45) is 14.3. The fourth-order valence-corrected chi connectivity index (χ4v) is 1.66. The molecule has 0 saturated heterocycles. The Labute approximate surface area is 122 Å². The second-order valence-corrected chi connectivity index (χ2v) is 5.01. The summed E-state index contributed by atoms with van der Waals surface area (Å²) in [6, 6.07) is 9.89. The van der Waals surface area contributed by atoms with Crippen molar-refractivity contribution in [2.24, 2.45) is 11.5 Å². The van der Waals surface area contributed by atoms with Crippen LogP contribution in [0, 0.1) is 0 Å². The van der Waals surface area contributed by atoms with Crippen molar-refractivity contribution in [3.63, 3.8) is 0 Å². The van der Waals surface area contributed by atoms with E-state index >= 15 is 0 Å². The summed E-state index contributed by atoms with van der Waals surface area (Å²) in [5, 5.41) is 0. The summed E-state index contributed by atoms with van der Waals surface area (Å²) < 4.78 is 0. The van der Waals surface area contributed by atoms with Crippen LogP contribution in [0.1, 0.15) is 32.3 Å². The molecule has 0 saturated carbocycles. The van der Waals surface area contributed by atoms with Gasteiger partial charge in [-0.25, -0.2) is 0 Å². The fraction of sp³-hybridized carbons (Fsp3) is 0.333. The Balaban J connectivity index is 0.000000444. The van der Waals surface area contributed by atoms with Crippen LogP contribution in [-0.2, 0) is 0 Å². The van der Waals surface area contributed by atoms with E-state index in [0.717, 1.165) is 5.56 Å². The first kappa shape index (κ1) is 16.4. The van der Waals surface area contributed by atoms with Crippen LogP contribution in [0.4, 0.5) is 0 Å². The van der Waals surface area contributed by atoms with E-state index in [-0.39, 0.29) is 6.04 Å². The van der Waals surface area contributed by atoms with Crippen molar-refractivity contribution in [1.29, 1.82) is 0 Å². The molecule has 1 aromatic rings. The Morgan fingerprint density at radius 3 is 2.30 bits per heavy atom. The predicted molar refractivity (Wildman–Crippen MR) is 89.2 cm³/mol. The third-order valence-corrected chi connectivity index (χ3v) is 3.26. The quantitative estimate of drug-likeness (QED) is 0.880. The van der Waals surface area contributed by atoms with Crippen LogP contribution in [0.5, 0.6) is 0 Å². The van der Waals surface area contributed by atoms with Gasteiger partial charge in [0, 0.05) is 6.04 Å². The lowest BCUT2D eigenvalue weighted by molar-refractivity contribution is 0.573. The number of allylic oxidation sites excluding steroid dienone is 2. The first-order valence-electron chi connectivity index (χ1n) is 7.27. The van der Waals surface area contributed by atoms with Crippen molar-refractivity contribution in [1.82, 2.24) is 0 Å². The standard InChI is InChI=1S/C14H16N2.C4H10/c15-13-8-4-5-10-14(13,16)11-9-12-6-2-1-3-7-12;1-3-4-2/h1-11,13H,15-16H2;3-4H2,1-2H3. The molecule has 2 unspecified atom stereocenters. The van der Waals surface area contributed by atoms with Crippen LogP contribution in [0.3, 0.4) is 0 Å². The van der Waals surface area contributed by atoms with Gasteiger partial charge in [0.25, 0.3) is 0 Å². The van der Waals surface area contributed by atoms with E-state index in [1.54, 1.807) is 0 Å².